The van der Waals surface area contributed by atoms with Crippen molar-refractivity contribution in [1.29, 1.82) is 0 Å². The highest BCUT2D eigenvalue weighted by atomic mass is 35.5. The predicted molar refractivity (Wildman–Crippen MR) is 79.3 cm³/mol. The molecule has 2 N–H and O–H groups in total. The second kappa shape index (κ2) is 6.23. The number of hydrogen-bond donors (Lipinski definition) is 1. The molecule has 1 aliphatic rings. The Hall–Kier alpha value is -0.610. The minimum atomic E-state index is -0.0259. The quantitative estimate of drug-likeness (QED) is 0.923. The van der Waals surface area contributed by atoms with Gasteiger partial charge >= 0.3 is 0 Å². The molecular formula is C15H23ClN2O. The molecule has 1 aliphatic heterocycles. The van der Waals surface area contributed by atoms with Crippen molar-refractivity contribution in [2.24, 2.45) is 5.73 Å². The molecule has 0 saturated carbocycles. The Morgan fingerprint density at radius 1 is 1.47 bits per heavy atom. The summed E-state index contributed by atoms with van der Waals surface area (Å²) in [5, 5.41) is 0.813. The lowest BCUT2D eigenvalue weighted by atomic mass is 9.94. The van der Waals surface area contributed by atoms with E-state index in [9.17, 15) is 0 Å². The van der Waals surface area contributed by atoms with E-state index >= 15 is 0 Å². The van der Waals surface area contributed by atoms with E-state index in [0.717, 1.165) is 36.6 Å². The monoisotopic (exact) mass is 282 g/mol. The highest BCUT2D eigenvalue weighted by Gasteiger charge is 2.30. The molecule has 1 heterocycles. The molecule has 1 saturated heterocycles. The van der Waals surface area contributed by atoms with Crippen molar-refractivity contribution in [3.63, 3.8) is 0 Å². The molecule has 1 unspecified atom stereocenters. The molecule has 19 heavy (non-hydrogen) atoms. The van der Waals surface area contributed by atoms with Crippen molar-refractivity contribution in [1.82, 2.24) is 4.90 Å². The van der Waals surface area contributed by atoms with E-state index < -0.39 is 0 Å². The summed E-state index contributed by atoms with van der Waals surface area (Å²) in [4.78, 5) is 2.41. The number of rotatable bonds is 4. The number of hydrogen-bond acceptors (Lipinski definition) is 3. The maximum atomic E-state index is 6.32. The number of halogens is 1. The van der Waals surface area contributed by atoms with Crippen molar-refractivity contribution in [3.05, 3.63) is 34.3 Å². The van der Waals surface area contributed by atoms with Gasteiger partial charge < -0.3 is 10.5 Å². The van der Waals surface area contributed by atoms with Gasteiger partial charge in [0.1, 0.15) is 0 Å². The largest absolute Gasteiger partial charge is 0.377 e. The summed E-state index contributed by atoms with van der Waals surface area (Å²) >= 11 is 6.32. The van der Waals surface area contributed by atoms with Crippen LogP contribution in [0.2, 0.25) is 5.02 Å². The summed E-state index contributed by atoms with van der Waals surface area (Å²) in [6, 6.07) is 6.11. The van der Waals surface area contributed by atoms with E-state index in [1.165, 1.54) is 12.0 Å². The van der Waals surface area contributed by atoms with Gasteiger partial charge in [-0.2, -0.15) is 0 Å². The predicted octanol–water partition coefficient (Wildman–Crippen LogP) is 2.80. The van der Waals surface area contributed by atoms with E-state index in [2.05, 4.69) is 24.0 Å². The van der Waals surface area contributed by atoms with Gasteiger partial charge in [0.05, 0.1) is 5.60 Å². The van der Waals surface area contributed by atoms with Crippen molar-refractivity contribution in [3.8, 4) is 0 Å². The van der Waals surface area contributed by atoms with Crippen LogP contribution in [0.25, 0.3) is 0 Å². The second-order valence-electron chi connectivity index (χ2n) is 5.60. The molecule has 3 nitrogen and oxygen atoms in total. The van der Waals surface area contributed by atoms with Gasteiger partial charge in [0.2, 0.25) is 0 Å². The first-order valence-corrected chi connectivity index (χ1v) is 7.19. The molecule has 0 radical (unpaired) electrons. The number of likely N-dealkylation sites (tertiary alicyclic amines) is 1. The zero-order valence-corrected chi connectivity index (χ0v) is 12.5. The zero-order chi connectivity index (χ0) is 13.9. The maximum absolute atomic E-state index is 6.32. The summed E-state index contributed by atoms with van der Waals surface area (Å²) in [5.41, 5.74) is 7.84. The molecule has 0 aromatic heterocycles. The van der Waals surface area contributed by atoms with Gasteiger partial charge in [0.15, 0.2) is 0 Å². The summed E-state index contributed by atoms with van der Waals surface area (Å²) in [6.45, 7) is 5.65. The Bertz CT molecular complexity index is 438. The molecule has 0 spiro atoms. The van der Waals surface area contributed by atoms with Crippen LogP contribution in [-0.4, -0.2) is 30.7 Å². The Morgan fingerprint density at radius 3 is 2.89 bits per heavy atom. The van der Waals surface area contributed by atoms with E-state index in [1.807, 2.05) is 6.07 Å². The molecule has 1 aromatic rings. The molecule has 1 atom stereocenters. The van der Waals surface area contributed by atoms with Crippen LogP contribution in [-0.2, 0) is 17.8 Å². The zero-order valence-electron chi connectivity index (χ0n) is 11.8. The lowest BCUT2D eigenvalue weighted by Gasteiger charge is -2.39. The first-order chi connectivity index (χ1) is 9.06. The van der Waals surface area contributed by atoms with Crippen molar-refractivity contribution >= 4 is 11.6 Å². The summed E-state index contributed by atoms with van der Waals surface area (Å²) in [5.74, 6) is 0. The molecule has 1 aromatic carbocycles. The fourth-order valence-electron chi connectivity index (χ4n) is 2.70. The number of piperidine rings is 1. The van der Waals surface area contributed by atoms with Gasteiger partial charge in [-0.25, -0.2) is 0 Å². The first-order valence-electron chi connectivity index (χ1n) is 6.81. The highest BCUT2D eigenvalue weighted by Crippen LogP contribution is 2.27. The smallest absolute Gasteiger partial charge is 0.0777 e. The molecule has 106 valence electrons. The SMILES string of the molecule is COC1(C)CCCN(Cc2ccc(CN)cc2Cl)C1. The lowest BCUT2D eigenvalue weighted by molar-refractivity contribution is -0.0526. The lowest BCUT2D eigenvalue weighted by Crippen LogP contribution is -2.46. The van der Waals surface area contributed by atoms with Crippen LogP contribution in [0.1, 0.15) is 30.9 Å². The standard InChI is InChI=1S/C15H23ClN2O/c1-15(19-2)6-3-7-18(11-15)10-13-5-4-12(9-17)8-14(13)16/h4-5,8H,3,6-7,9-11,17H2,1-2H3. The third-order valence-electron chi connectivity index (χ3n) is 3.98. The molecule has 2 rings (SSSR count). The average Bonchev–Trinajstić information content (AvgIpc) is 2.41. The minimum absolute atomic E-state index is 0.0259. The summed E-state index contributed by atoms with van der Waals surface area (Å²) < 4.78 is 5.62. The molecule has 0 aliphatic carbocycles. The fourth-order valence-corrected chi connectivity index (χ4v) is 2.96. The Morgan fingerprint density at radius 2 is 2.26 bits per heavy atom. The number of ether oxygens (including phenoxy) is 1. The summed E-state index contributed by atoms with van der Waals surface area (Å²) in [7, 11) is 1.80. The summed E-state index contributed by atoms with van der Waals surface area (Å²) in [6.07, 6.45) is 2.29. The maximum Gasteiger partial charge on any atom is 0.0777 e. The van der Waals surface area contributed by atoms with Gasteiger partial charge in [-0.05, 0) is 43.5 Å². The third kappa shape index (κ3) is 3.69. The second-order valence-corrected chi connectivity index (χ2v) is 6.01. The van der Waals surface area contributed by atoms with E-state index in [-0.39, 0.29) is 5.60 Å². The van der Waals surface area contributed by atoms with E-state index in [0.29, 0.717) is 6.54 Å². The van der Waals surface area contributed by atoms with Gasteiger partial charge in [-0.3, -0.25) is 4.90 Å². The third-order valence-corrected chi connectivity index (χ3v) is 4.33. The van der Waals surface area contributed by atoms with Crippen LogP contribution in [0.4, 0.5) is 0 Å². The first kappa shape index (κ1) is 14.8. The minimum Gasteiger partial charge on any atom is -0.377 e. The molecule has 4 heteroatoms. The number of methoxy groups -OCH3 is 1. The normalized spacial score (nSPS) is 24.6. The Labute approximate surface area is 120 Å². The fraction of sp³-hybridized carbons (Fsp3) is 0.600. The highest BCUT2D eigenvalue weighted by molar-refractivity contribution is 6.31. The Balaban J connectivity index is 2.04. The van der Waals surface area contributed by atoms with Crippen LogP contribution in [0, 0.1) is 0 Å². The van der Waals surface area contributed by atoms with Crippen LogP contribution < -0.4 is 5.73 Å². The van der Waals surface area contributed by atoms with Gasteiger partial charge in [0.25, 0.3) is 0 Å². The Kier molecular flexibility index (Phi) is 4.85. The molecular weight excluding hydrogens is 260 g/mol. The topological polar surface area (TPSA) is 38.5 Å². The van der Waals surface area contributed by atoms with Crippen molar-refractivity contribution < 1.29 is 4.74 Å². The molecule has 1 fully saturated rings. The van der Waals surface area contributed by atoms with Gasteiger partial charge in [-0.1, -0.05) is 23.7 Å². The van der Waals surface area contributed by atoms with Crippen molar-refractivity contribution in [2.75, 3.05) is 20.2 Å². The van der Waals surface area contributed by atoms with Crippen LogP contribution in [0.5, 0.6) is 0 Å². The van der Waals surface area contributed by atoms with Gasteiger partial charge in [0, 0.05) is 31.8 Å². The van der Waals surface area contributed by atoms with Gasteiger partial charge in [-0.15, -0.1) is 0 Å². The van der Waals surface area contributed by atoms with Crippen LogP contribution in [0.15, 0.2) is 18.2 Å². The van der Waals surface area contributed by atoms with Crippen molar-refractivity contribution in [2.45, 2.75) is 38.5 Å². The number of benzene rings is 1. The average molecular weight is 283 g/mol. The molecule has 0 amide bonds. The number of nitrogens with two attached hydrogens (primary N) is 1. The number of nitrogens with zero attached hydrogens (tertiary/aromatic N) is 1. The molecule has 0 bridgehead atoms. The van der Waals surface area contributed by atoms with Crippen LogP contribution in [0.3, 0.4) is 0 Å². The van der Waals surface area contributed by atoms with Crippen LogP contribution >= 0.6 is 11.6 Å². The van der Waals surface area contributed by atoms with E-state index in [1.54, 1.807) is 7.11 Å². The van der Waals surface area contributed by atoms with E-state index in [4.69, 9.17) is 22.1 Å².